The van der Waals surface area contributed by atoms with Crippen LogP contribution in [0.1, 0.15) is 5.56 Å². The summed E-state index contributed by atoms with van der Waals surface area (Å²) in [6.45, 7) is 0.333. The van der Waals surface area contributed by atoms with Crippen LogP contribution < -0.4 is 4.74 Å². The molecule has 20 heavy (non-hydrogen) atoms. The Hall–Kier alpha value is -2.69. The highest BCUT2D eigenvalue weighted by Gasteiger charge is 2.02. The monoisotopic (exact) mass is 269 g/mol. The highest BCUT2D eigenvalue weighted by molar-refractivity contribution is 5.55. The van der Waals surface area contributed by atoms with Crippen LogP contribution in [0, 0.1) is 5.82 Å². The lowest BCUT2D eigenvalue weighted by Crippen LogP contribution is -1.95. The van der Waals surface area contributed by atoms with Gasteiger partial charge in [-0.15, -0.1) is 10.2 Å². The number of hydrogen-bond acceptors (Lipinski definition) is 3. The third-order valence-corrected chi connectivity index (χ3v) is 2.84. The summed E-state index contributed by atoms with van der Waals surface area (Å²) in [6, 6.07) is 13.8. The smallest absolute Gasteiger partial charge is 0.161 e. The minimum Gasteiger partial charge on any atom is -0.489 e. The van der Waals surface area contributed by atoms with Crippen LogP contribution >= 0.6 is 0 Å². The molecule has 1 aromatic heterocycles. The number of benzene rings is 2. The van der Waals surface area contributed by atoms with Crippen LogP contribution in [0.3, 0.4) is 0 Å². The van der Waals surface area contributed by atoms with Gasteiger partial charge >= 0.3 is 0 Å². The third kappa shape index (κ3) is 2.83. The molecule has 0 aliphatic carbocycles. The number of hydrogen-bond donors (Lipinski definition) is 1. The number of H-pyrrole nitrogens is 1. The van der Waals surface area contributed by atoms with Gasteiger partial charge in [0.2, 0.25) is 0 Å². The van der Waals surface area contributed by atoms with Gasteiger partial charge in [0.15, 0.2) is 5.82 Å². The van der Waals surface area contributed by atoms with Crippen molar-refractivity contribution in [3.8, 4) is 17.1 Å². The maximum atomic E-state index is 13.0. The zero-order valence-corrected chi connectivity index (χ0v) is 10.6. The van der Waals surface area contributed by atoms with Gasteiger partial charge in [0, 0.05) is 5.56 Å². The van der Waals surface area contributed by atoms with Gasteiger partial charge in [-0.1, -0.05) is 12.1 Å². The van der Waals surface area contributed by atoms with Crippen LogP contribution in [-0.2, 0) is 6.61 Å². The van der Waals surface area contributed by atoms with Crippen LogP contribution in [0.4, 0.5) is 4.39 Å². The molecule has 0 saturated heterocycles. The molecule has 4 nitrogen and oxygen atoms in total. The SMILES string of the molecule is Fc1cccc(COc2ccc(-c3nnc[nH]3)cc2)c1. The molecule has 1 N–H and O–H groups in total. The molecule has 0 radical (unpaired) electrons. The van der Waals surface area contributed by atoms with Gasteiger partial charge in [-0.2, -0.15) is 0 Å². The molecule has 100 valence electrons. The van der Waals surface area contributed by atoms with Crippen LogP contribution in [0.5, 0.6) is 5.75 Å². The van der Waals surface area contributed by atoms with E-state index in [0.717, 1.165) is 16.9 Å². The lowest BCUT2D eigenvalue weighted by molar-refractivity contribution is 0.305. The summed E-state index contributed by atoms with van der Waals surface area (Å²) in [7, 11) is 0. The summed E-state index contributed by atoms with van der Waals surface area (Å²) in [5.74, 6) is 1.17. The lowest BCUT2D eigenvalue weighted by Gasteiger charge is -2.06. The fraction of sp³-hybridized carbons (Fsp3) is 0.0667. The molecule has 2 aromatic carbocycles. The maximum absolute atomic E-state index is 13.0. The van der Waals surface area contributed by atoms with Crippen LogP contribution in [0.25, 0.3) is 11.4 Å². The van der Waals surface area contributed by atoms with E-state index in [1.54, 1.807) is 6.07 Å². The average molecular weight is 269 g/mol. The van der Waals surface area contributed by atoms with Gasteiger partial charge in [-0.3, -0.25) is 0 Å². The summed E-state index contributed by atoms with van der Waals surface area (Å²) in [4.78, 5) is 2.93. The highest BCUT2D eigenvalue weighted by atomic mass is 19.1. The Morgan fingerprint density at radius 3 is 2.65 bits per heavy atom. The lowest BCUT2D eigenvalue weighted by atomic mass is 10.2. The van der Waals surface area contributed by atoms with E-state index in [4.69, 9.17) is 4.74 Å². The number of aromatic nitrogens is 3. The topological polar surface area (TPSA) is 50.8 Å². The molecular weight excluding hydrogens is 257 g/mol. The summed E-state index contributed by atoms with van der Waals surface area (Å²) < 4.78 is 18.6. The van der Waals surface area contributed by atoms with E-state index in [1.807, 2.05) is 30.3 Å². The average Bonchev–Trinajstić information content (AvgIpc) is 3.00. The van der Waals surface area contributed by atoms with E-state index in [9.17, 15) is 4.39 Å². The normalized spacial score (nSPS) is 10.4. The van der Waals surface area contributed by atoms with Crippen molar-refractivity contribution in [2.45, 2.75) is 6.61 Å². The Morgan fingerprint density at radius 1 is 1.10 bits per heavy atom. The molecule has 0 aliphatic rings. The Balaban J connectivity index is 1.67. The fourth-order valence-corrected chi connectivity index (χ4v) is 1.85. The van der Waals surface area contributed by atoms with Gasteiger partial charge < -0.3 is 9.72 Å². The Labute approximate surface area is 115 Å². The zero-order chi connectivity index (χ0) is 13.8. The Kier molecular flexibility index (Phi) is 3.41. The minimum absolute atomic E-state index is 0.258. The summed E-state index contributed by atoms with van der Waals surface area (Å²) in [5.41, 5.74) is 1.73. The van der Waals surface area contributed by atoms with Crippen molar-refractivity contribution in [3.05, 3.63) is 66.2 Å². The molecule has 0 amide bonds. The second-order valence-electron chi connectivity index (χ2n) is 4.28. The first kappa shape index (κ1) is 12.3. The Bertz CT molecular complexity index is 681. The van der Waals surface area contributed by atoms with Crippen molar-refractivity contribution in [2.24, 2.45) is 0 Å². The van der Waals surface area contributed by atoms with Crippen LogP contribution in [0.2, 0.25) is 0 Å². The molecular formula is C15H12FN3O. The first-order valence-electron chi connectivity index (χ1n) is 6.15. The number of halogens is 1. The van der Waals surface area contributed by atoms with Crippen LogP contribution in [-0.4, -0.2) is 15.2 Å². The number of nitrogens with zero attached hydrogens (tertiary/aromatic N) is 2. The van der Waals surface area contributed by atoms with E-state index in [1.165, 1.54) is 18.5 Å². The molecule has 0 saturated carbocycles. The van der Waals surface area contributed by atoms with E-state index >= 15 is 0 Å². The second-order valence-corrected chi connectivity index (χ2v) is 4.28. The van der Waals surface area contributed by atoms with E-state index in [-0.39, 0.29) is 5.82 Å². The summed E-state index contributed by atoms with van der Waals surface area (Å²) >= 11 is 0. The third-order valence-electron chi connectivity index (χ3n) is 2.84. The predicted molar refractivity (Wildman–Crippen MR) is 72.6 cm³/mol. The fourth-order valence-electron chi connectivity index (χ4n) is 1.85. The molecule has 3 aromatic rings. The number of ether oxygens (including phenoxy) is 1. The van der Waals surface area contributed by atoms with Crippen LogP contribution in [0.15, 0.2) is 54.9 Å². The molecule has 0 bridgehead atoms. The van der Waals surface area contributed by atoms with Crippen molar-refractivity contribution in [3.63, 3.8) is 0 Å². The standard InChI is InChI=1S/C15H12FN3O/c16-13-3-1-2-11(8-13)9-20-14-6-4-12(5-7-14)15-17-10-18-19-15/h1-8,10H,9H2,(H,17,18,19). The van der Waals surface area contributed by atoms with E-state index < -0.39 is 0 Å². The second kappa shape index (κ2) is 5.52. The van der Waals surface area contributed by atoms with Gasteiger partial charge in [-0.05, 0) is 42.0 Å². The van der Waals surface area contributed by atoms with Crippen molar-refractivity contribution in [2.75, 3.05) is 0 Å². The largest absolute Gasteiger partial charge is 0.489 e. The van der Waals surface area contributed by atoms with Crippen molar-refractivity contribution >= 4 is 0 Å². The molecule has 5 heteroatoms. The van der Waals surface area contributed by atoms with Gasteiger partial charge in [0.1, 0.15) is 24.5 Å². The molecule has 3 rings (SSSR count). The zero-order valence-electron chi connectivity index (χ0n) is 10.6. The van der Waals surface area contributed by atoms with Gasteiger partial charge in [0.25, 0.3) is 0 Å². The first-order chi connectivity index (χ1) is 9.81. The minimum atomic E-state index is -0.258. The van der Waals surface area contributed by atoms with Gasteiger partial charge in [-0.25, -0.2) is 4.39 Å². The number of aromatic amines is 1. The van der Waals surface area contributed by atoms with Crippen molar-refractivity contribution in [1.82, 2.24) is 15.2 Å². The molecule has 0 unspecified atom stereocenters. The highest BCUT2D eigenvalue weighted by Crippen LogP contribution is 2.19. The Morgan fingerprint density at radius 2 is 1.95 bits per heavy atom. The summed E-state index contributed by atoms with van der Waals surface area (Å²) in [5, 5.41) is 7.66. The number of rotatable bonds is 4. The van der Waals surface area contributed by atoms with Crippen molar-refractivity contribution < 1.29 is 9.13 Å². The van der Waals surface area contributed by atoms with E-state index in [0.29, 0.717) is 12.4 Å². The quantitative estimate of drug-likeness (QED) is 0.791. The molecule has 0 fully saturated rings. The predicted octanol–water partition coefficient (Wildman–Crippen LogP) is 3.19. The molecule has 0 aliphatic heterocycles. The molecule has 1 heterocycles. The van der Waals surface area contributed by atoms with Crippen molar-refractivity contribution in [1.29, 1.82) is 0 Å². The molecule has 0 atom stereocenters. The summed E-state index contributed by atoms with van der Waals surface area (Å²) in [6.07, 6.45) is 1.53. The number of nitrogens with one attached hydrogen (secondary N) is 1. The first-order valence-corrected chi connectivity index (χ1v) is 6.15. The van der Waals surface area contributed by atoms with Gasteiger partial charge in [0.05, 0.1) is 0 Å². The molecule has 0 spiro atoms. The maximum Gasteiger partial charge on any atom is 0.161 e. The van der Waals surface area contributed by atoms with E-state index in [2.05, 4.69) is 15.2 Å².